The highest BCUT2D eigenvalue weighted by atomic mass is 15.3. The number of rotatable bonds is 7. The largest absolute Gasteiger partial charge is 0.334 e. The van der Waals surface area contributed by atoms with Crippen LogP contribution in [-0.2, 0) is 21.7 Å². The molecule has 1 saturated carbocycles. The molecule has 2 aliphatic carbocycles. The molecule has 3 aliphatic heterocycles. The van der Waals surface area contributed by atoms with Crippen molar-refractivity contribution in [3.05, 3.63) is 247 Å². The molecule has 0 bridgehead atoms. The maximum atomic E-state index is 2.84. The Balaban J connectivity index is 1.11. The summed E-state index contributed by atoms with van der Waals surface area (Å²) < 4.78 is 0. The van der Waals surface area contributed by atoms with E-state index in [9.17, 15) is 0 Å². The number of hydrogen-bond acceptors (Lipinski definition) is 3. The Bertz CT molecular complexity index is 4230. The highest BCUT2D eigenvalue weighted by Gasteiger charge is 2.58. The third kappa shape index (κ3) is 7.99. The first-order chi connectivity index (χ1) is 40.5. The second-order valence-electron chi connectivity index (χ2n) is 27.8. The molecule has 0 radical (unpaired) electrons. The SMILES string of the molecule is CC(C)(C)c1ccc(N2c3cc4c(cc3B3c5cc(-c6ccccc6)ccc5N(c5ccccc5-c5ccccc5)c5cc(N6c7ccc(-c8ccccc8)cc7C7(C)CCCCC67C)cc2c53)C(C)(C)CCC4(C)C)c(-c2ccccc2)c1. The van der Waals surface area contributed by atoms with Crippen molar-refractivity contribution in [1.29, 1.82) is 0 Å². The second kappa shape index (κ2) is 19.1. The molecule has 2 unspecified atom stereocenters. The Hall–Kier alpha value is -8.34. The topological polar surface area (TPSA) is 9.72 Å². The molecule has 0 spiro atoms. The summed E-state index contributed by atoms with van der Waals surface area (Å²) in [5.41, 5.74) is 29.1. The zero-order valence-electron chi connectivity index (χ0n) is 50.5. The predicted molar refractivity (Wildman–Crippen MR) is 359 cm³/mol. The minimum Gasteiger partial charge on any atom is -0.334 e. The van der Waals surface area contributed by atoms with Crippen LogP contribution in [0.4, 0.5) is 45.5 Å². The van der Waals surface area contributed by atoms with Crippen LogP contribution in [0.2, 0.25) is 0 Å². The van der Waals surface area contributed by atoms with Gasteiger partial charge in [-0.1, -0.05) is 238 Å². The summed E-state index contributed by atoms with van der Waals surface area (Å²) in [4.78, 5) is 8.27. The molecule has 15 rings (SSSR count). The summed E-state index contributed by atoms with van der Waals surface area (Å²) in [6.45, 7) is 22.2. The average molecular weight is 1090 g/mol. The van der Waals surface area contributed by atoms with Gasteiger partial charge in [0.1, 0.15) is 0 Å². The van der Waals surface area contributed by atoms with E-state index in [1.54, 1.807) is 0 Å². The van der Waals surface area contributed by atoms with E-state index in [4.69, 9.17) is 0 Å². The standard InChI is InChI=1S/C80H76BN3/c1-76(2,3)59-38-41-69(62(48-59)56-32-20-13-21-33-56)83-72-52-64-63(77(4,5)44-45-78(64,6)7)51-67(72)81-66-47-58(54-28-16-11-17-29-54)37-40-71(66)82(68-35-23-22-34-61(68)55-30-18-12-19-31-55)73-49-60(50-74(83)75(73)81)84-70-39-36-57(53-26-14-10-15-27-53)46-65(70)79(8)42-24-25-43-80(79,84)9/h10-23,26-41,46-52H,24-25,42-45H2,1-9H3. The van der Waals surface area contributed by atoms with Crippen LogP contribution in [0.5, 0.6) is 0 Å². The molecule has 1 fully saturated rings. The van der Waals surface area contributed by atoms with Crippen LogP contribution in [0, 0.1) is 0 Å². The van der Waals surface area contributed by atoms with Crippen molar-refractivity contribution in [3.8, 4) is 44.5 Å². The third-order valence-corrected chi connectivity index (χ3v) is 21.0. The molecule has 5 aliphatic rings. The Morgan fingerprint density at radius 1 is 0.357 bits per heavy atom. The van der Waals surface area contributed by atoms with Gasteiger partial charge in [-0.2, -0.15) is 0 Å². The zero-order chi connectivity index (χ0) is 57.5. The van der Waals surface area contributed by atoms with E-state index in [-0.39, 0.29) is 33.9 Å². The van der Waals surface area contributed by atoms with Gasteiger partial charge < -0.3 is 14.7 Å². The molecule has 4 heteroatoms. The van der Waals surface area contributed by atoms with Crippen LogP contribution < -0.4 is 31.1 Å². The van der Waals surface area contributed by atoms with E-state index in [2.05, 4.69) is 301 Å². The molecule has 2 atom stereocenters. The summed E-state index contributed by atoms with van der Waals surface area (Å²) >= 11 is 0. The number of benzene rings is 10. The Kier molecular flexibility index (Phi) is 11.9. The van der Waals surface area contributed by atoms with E-state index < -0.39 is 0 Å². The minimum absolute atomic E-state index is 0.0170. The first-order valence-electron chi connectivity index (χ1n) is 31.0. The normalized spacial score (nSPS) is 19.6. The van der Waals surface area contributed by atoms with Gasteiger partial charge in [0.15, 0.2) is 0 Å². The molecule has 0 aromatic heterocycles. The molecule has 0 amide bonds. The van der Waals surface area contributed by atoms with Crippen molar-refractivity contribution in [1.82, 2.24) is 0 Å². The third-order valence-electron chi connectivity index (χ3n) is 21.0. The van der Waals surface area contributed by atoms with Crippen molar-refractivity contribution in [2.45, 2.75) is 128 Å². The van der Waals surface area contributed by atoms with Crippen LogP contribution in [0.3, 0.4) is 0 Å². The molecule has 10 aromatic rings. The van der Waals surface area contributed by atoms with Gasteiger partial charge in [0.05, 0.1) is 16.9 Å². The van der Waals surface area contributed by atoms with Gasteiger partial charge in [0.2, 0.25) is 0 Å². The molecule has 414 valence electrons. The fraction of sp³-hybridized carbons (Fsp3) is 0.250. The summed E-state index contributed by atoms with van der Waals surface area (Å²) in [7, 11) is 0. The van der Waals surface area contributed by atoms with Gasteiger partial charge in [-0.15, -0.1) is 0 Å². The number of hydrogen-bond donors (Lipinski definition) is 0. The van der Waals surface area contributed by atoms with Crippen LogP contribution >= 0.6 is 0 Å². The second-order valence-corrected chi connectivity index (χ2v) is 27.8. The van der Waals surface area contributed by atoms with E-state index in [0.29, 0.717) is 0 Å². The van der Waals surface area contributed by atoms with Crippen LogP contribution in [0.15, 0.2) is 224 Å². The summed E-state index contributed by atoms with van der Waals surface area (Å²) in [5, 5.41) is 0. The molecular formula is C80H76BN3. The lowest BCUT2D eigenvalue weighted by atomic mass is 9.33. The van der Waals surface area contributed by atoms with E-state index in [1.165, 1.54) is 141 Å². The van der Waals surface area contributed by atoms with Crippen molar-refractivity contribution >= 4 is 68.6 Å². The minimum atomic E-state index is -0.219. The average Bonchev–Trinajstić information content (AvgIpc) is 1.43. The molecule has 3 nitrogen and oxygen atoms in total. The lowest BCUT2D eigenvalue weighted by Crippen LogP contribution is -2.62. The lowest BCUT2D eigenvalue weighted by Gasteiger charge is -2.51. The van der Waals surface area contributed by atoms with Gasteiger partial charge in [-0.05, 0) is 175 Å². The first-order valence-corrected chi connectivity index (χ1v) is 31.0. The summed E-state index contributed by atoms with van der Waals surface area (Å²) in [5.74, 6) is 0. The molecular weight excluding hydrogens is 1010 g/mol. The maximum Gasteiger partial charge on any atom is 0.252 e. The van der Waals surface area contributed by atoms with Gasteiger partial charge in [0.25, 0.3) is 6.71 Å². The van der Waals surface area contributed by atoms with E-state index in [1.807, 2.05) is 0 Å². The Morgan fingerprint density at radius 2 is 0.845 bits per heavy atom. The molecule has 10 aromatic carbocycles. The fourth-order valence-electron chi connectivity index (χ4n) is 16.0. The molecule has 3 heterocycles. The summed E-state index contributed by atoms with van der Waals surface area (Å²) in [6, 6.07) is 86.5. The fourth-order valence-corrected chi connectivity index (χ4v) is 16.0. The highest BCUT2D eigenvalue weighted by molar-refractivity contribution is 7.00. The van der Waals surface area contributed by atoms with Crippen molar-refractivity contribution in [2.75, 3.05) is 14.7 Å². The first kappa shape index (κ1) is 52.5. The quantitative estimate of drug-likeness (QED) is 0.147. The molecule has 84 heavy (non-hydrogen) atoms. The number of nitrogens with zero attached hydrogens (tertiary/aromatic N) is 3. The predicted octanol–water partition coefficient (Wildman–Crippen LogP) is 19.8. The molecule has 0 saturated heterocycles. The Labute approximate surface area is 499 Å². The van der Waals surface area contributed by atoms with Gasteiger partial charge >= 0.3 is 0 Å². The van der Waals surface area contributed by atoms with Crippen LogP contribution in [0.1, 0.15) is 123 Å². The van der Waals surface area contributed by atoms with E-state index >= 15 is 0 Å². The van der Waals surface area contributed by atoms with Gasteiger partial charge in [-0.25, -0.2) is 0 Å². The lowest BCUT2D eigenvalue weighted by molar-refractivity contribution is 0.195. The van der Waals surface area contributed by atoms with E-state index in [0.717, 1.165) is 25.7 Å². The van der Waals surface area contributed by atoms with Crippen molar-refractivity contribution in [3.63, 3.8) is 0 Å². The maximum absolute atomic E-state index is 2.84. The van der Waals surface area contributed by atoms with Crippen LogP contribution in [0.25, 0.3) is 44.5 Å². The Morgan fingerprint density at radius 3 is 1.46 bits per heavy atom. The highest BCUT2D eigenvalue weighted by Crippen LogP contribution is 2.63. The van der Waals surface area contributed by atoms with Crippen LogP contribution in [-0.4, -0.2) is 12.3 Å². The van der Waals surface area contributed by atoms with Gasteiger partial charge in [0, 0.05) is 50.7 Å². The number of anilines is 8. The number of fused-ring (bicyclic) bond motifs is 8. The smallest absolute Gasteiger partial charge is 0.252 e. The molecule has 0 N–H and O–H groups in total. The zero-order valence-corrected chi connectivity index (χ0v) is 50.5. The number of para-hydroxylation sites is 1. The van der Waals surface area contributed by atoms with Crippen molar-refractivity contribution in [2.24, 2.45) is 0 Å². The van der Waals surface area contributed by atoms with Crippen molar-refractivity contribution < 1.29 is 0 Å². The summed E-state index contributed by atoms with van der Waals surface area (Å²) in [6.07, 6.45) is 6.90. The monoisotopic (exact) mass is 1090 g/mol. The van der Waals surface area contributed by atoms with Gasteiger partial charge in [-0.3, -0.25) is 0 Å².